The van der Waals surface area contributed by atoms with Crippen LogP contribution < -0.4 is 5.73 Å². The zero-order valence-electron chi connectivity index (χ0n) is 12.2. The minimum Gasteiger partial charge on any atom is -0.374 e. The summed E-state index contributed by atoms with van der Waals surface area (Å²) in [5.41, 5.74) is 7.42. The van der Waals surface area contributed by atoms with Crippen molar-refractivity contribution in [1.29, 1.82) is 0 Å². The molecule has 2 unspecified atom stereocenters. The Bertz CT molecular complexity index is 586. The first-order valence-corrected chi connectivity index (χ1v) is 8.21. The molecular weight excluding hydrogens is 276 g/mol. The molecule has 1 aliphatic rings. The fourth-order valence-corrected chi connectivity index (χ4v) is 4.34. The largest absolute Gasteiger partial charge is 0.374 e. The quantitative estimate of drug-likeness (QED) is 0.905. The van der Waals surface area contributed by atoms with Crippen molar-refractivity contribution in [2.45, 2.75) is 37.8 Å². The highest BCUT2D eigenvalue weighted by Crippen LogP contribution is 2.25. The van der Waals surface area contributed by atoms with Crippen LogP contribution in [0.3, 0.4) is 0 Å². The summed E-state index contributed by atoms with van der Waals surface area (Å²) in [5.74, 6) is 0. The molecule has 0 radical (unpaired) electrons. The first kappa shape index (κ1) is 15.4. The number of ether oxygens (including phenoxy) is 1. The average Bonchev–Trinajstić information content (AvgIpc) is 2.38. The van der Waals surface area contributed by atoms with Gasteiger partial charge in [-0.25, -0.2) is 8.42 Å². The molecule has 1 aliphatic heterocycles. The zero-order valence-corrected chi connectivity index (χ0v) is 13.0. The molecule has 5 nitrogen and oxygen atoms in total. The van der Waals surface area contributed by atoms with E-state index in [-0.39, 0.29) is 12.1 Å². The van der Waals surface area contributed by atoms with Gasteiger partial charge >= 0.3 is 0 Å². The summed E-state index contributed by atoms with van der Waals surface area (Å²) in [4.78, 5) is 0.368. The first-order chi connectivity index (χ1) is 9.36. The van der Waals surface area contributed by atoms with Crippen molar-refractivity contribution in [2.24, 2.45) is 5.73 Å². The van der Waals surface area contributed by atoms with Gasteiger partial charge in [0, 0.05) is 19.1 Å². The number of sulfonamides is 1. The van der Waals surface area contributed by atoms with Crippen LogP contribution in [-0.4, -0.2) is 44.6 Å². The van der Waals surface area contributed by atoms with Gasteiger partial charge in [-0.15, -0.1) is 0 Å². The fraction of sp³-hybridized carbons (Fsp3) is 0.571. The van der Waals surface area contributed by atoms with Crippen molar-refractivity contribution in [3.05, 3.63) is 29.3 Å². The van der Waals surface area contributed by atoms with E-state index < -0.39 is 10.0 Å². The average molecular weight is 298 g/mol. The monoisotopic (exact) mass is 298 g/mol. The molecule has 20 heavy (non-hydrogen) atoms. The van der Waals surface area contributed by atoms with Crippen LogP contribution in [-0.2, 0) is 14.8 Å². The van der Waals surface area contributed by atoms with Crippen LogP contribution in [0.15, 0.2) is 23.1 Å². The molecule has 2 N–H and O–H groups in total. The molecule has 1 aromatic carbocycles. The third kappa shape index (κ3) is 2.88. The smallest absolute Gasteiger partial charge is 0.243 e. The maximum atomic E-state index is 12.8. The van der Waals surface area contributed by atoms with Crippen molar-refractivity contribution in [1.82, 2.24) is 4.31 Å². The molecule has 1 saturated heterocycles. The van der Waals surface area contributed by atoms with Crippen molar-refractivity contribution >= 4 is 10.0 Å². The molecule has 0 spiro atoms. The Morgan fingerprint density at radius 3 is 2.70 bits per heavy atom. The van der Waals surface area contributed by atoms with Gasteiger partial charge in [-0.05, 0) is 32.4 Å². The van der Waals surface area contributed by atoms with E-state index in [1.165, 1.54) is 4.31 Å². The van der Waals surface area contributed by atoms with E-state index in [0.717, 1.165) is 11.1 Å². The van der Waals surface area contributed by atoms with Gasteiger partial charge in [0.15, 0.2) is 0 Å². The van der Waals surface area contributed by atoms with Crippen LogP contribution in [0.2, 0.25) is 0 Å². The SMILES string of the molecule is Cc1ccc(S(=O)(=O)N2CC(CN)OCC2C)c(C)c1. The molecule has 112 valence electrons. The van der Waals surface area contributed by atoms with Gasteiger partial charge in [0.25, 0.3) is 0 Å². The van der Waals surface area contributed by atoms with E-state index in [1.807, 2.05) is 32.9 Å². The standard InChI is InChI=1S/C14H22N2O3S/c1-10-4-5-14(11(2)6-10)20(17,18)16-8-13(7-15)19-9-12(16)3/h4-6,12-13H,7-9,15H2,1-3H3. The van der Waals surface area contributed by atoms with Crippen molar-refractivity contribution < 1.29 is 13.2 Å². The molecule has 2 atom stereocenters. The van der Waals surface area contributed by atoms with Crippen LogP contribution in [0.5, 0.6) is 0 Å². The minimum absolute atomic E-state index is 0.177. The Morgan fingerprint density at radius 1 is 1.40 bits per heavy atom. The molecule has 2 rings (SSSR count). The van der Waals surface area contributed by atoms with E-state index in [4.69, 9.17) is 10.5 Å². The highest BCUT2D eigenvalue weighted by atomic mass is 32.2. The molecule has 0 aliphatic carbocycles. The second kappa shape index (κ2) is 5.81. The molecule has 6 heteroatoms. The Morgan fingerprint density at radius 2 is 2.10 bits per heavy atom. The summed E-state index contributed by atoms with van der Waals surface area (Å²) in [6.45, 7) is 6.65. The highest BCUT2D eigenvalue weighted by molar-refractivity contribution is 7.89. The summed E-state index contributed by atoms with van der Waals surface area (Å²) in [7, 11) is -3.50. The maximum absolute atomic E-state index is 12.8. The normalized spacial score (nSPS) is 24.8. The van der Waals surface area contributed by atoms with Crippen LogP contribution >= 0.6 is 0 Å². The summed E-state index contributed by atoms with van der Waals surface area (Å²) in [6, 6.07) is 5.22. The molecule has 0 bridgehead atoms. The van der Waals surface area contributed by atoms with E-state index in [0.29, 0.717) is 24.6 Å². The van der Waals surface area contributed by atoms with E-state index in [2.05, 4.69) is 0 Å². The van der Waals surface area contributed by atoms with Crippen molar-refractivity contribution in [3.8, 4) is 0 Å². The summed E-state index contributed by atoms with van der Waals surface area (Å²) < 4.78 is 32.7. The van der Waals surface area contributed by atoms with Crippen LogP contribution in [0.4, 0.5) is 0 Å². The van der Waals surface area contributed by atoms with Crippen molar-refractivity contribution in [3.63, 3.8) is 0 Å². The molecule has 1 fully saturated rings. The van der Waals surface area contributed by atoms with Gasteiger partial charge in [-0.1, -0.05) is 17.7 Å². The predicted octanol–water partition coefficient (Wildman–Crippen LogP) is 1.04. The lowest BCUT2D eigenvalue weighted by Crippen LogP contribution is -2.52. The number of aryl methyl sites for hydroxylation is 2. The van der Waals surface area contributed by atoms with Gasteiger partial charge in [-0.3, -0.25) is 0 Å². The highest BCUT2D eigenvalue weighted by Gasteiger charge is 2.35. The maximum Gasteiger partial charge on any atom is 0.243 e. The Balaban J connectivity index is 2.38. The second-order valence-electron chi connectivity index (χ2n) is 5.38. The number of hydrogen-bond acceptors (Lipinski definition) is 4. The lowest BCUT2D eigenvalue weighted by atomic mass is 10.2. The third-order valence-electron chi connectivity index (χ3n) is 3.63. The molecule has 1 aromatic rings. The Hall–Kier alpha value is -0.950. The first-order valence-electron chi connectivity index (χ1n) is 6.77. The molecule has 0 aromatic heterocycles. The van der Waals surface area contributed by atoms with Crippen LogP contribution in [0, 0.1) is 13.8 Å². The number of hydrogen-bond donors (Lipinski definition) is 1. The van der Waals surface area contributed by atoms with Gasteiger partial charge in [0.1, 0.15) is 0 Å². The second-order valence-corrected chi connectivity index (χ2v) is 7.24. The predicted molar refractivity (Wildman–Crippen MR) is 78.1 cm³/mol. The minimum atomic E-state index is -3.50. The van der Waals surface area contributed by atoms with Gasteiger partial charge in [0.2, 0.25) is 10.0 Å². The van der Waals surface area contributed by atoms with Crippen molar-refractivity contribution in [2.75, 3.05) is 19.7 Å². The van der Waals surface area contributed by atoms with E-state index >= 15 is 0 Å². The summed E-state index contributed by atoms with van der Waals surface area (Å²) in [6.07, 6.45) is -0.230. The van der Waals surface area contributed by atoms with Crippen LogP contribution in [0.1, 0.15) is 18.1 Å². The van der Waals surface area contributed by atoms with Crippen LogP contribution in [0.25, 0.3) is 0 Å². The number of benzene rings is 1. The summed E-state index contributed by atoms with van der Waals surface area (Å²) >= 11 is 0. The van der Waals surface area contributed by atoms with Gasteiger partial charge in [0.05, 0.1) is 17.6 Å². The fourth-order valence-electron chi connectivity index (χ4n) is 2.48. The van der Waals surface area contributed by atoms with Gasteiger partial charge < -0.3 is 10.5 Å². The lowest BCUT2D eigenvalue weighted by molar-refractivity contribution is -0.0219. The molecule has 0 saturated carbocycles. The lowest BCUT2D eigenvalue weighted by Gasteiger charge is -2.36. The summed E-state index contributed by atoms with van der Waals surface area (Å²) in [5, 5.41) is 0. The zero-order chi connectivity index (χ0) is 14.9. The van der Waals surface area contributed by atoms with Gasteiger partial charge in [-0.2, -0.15) is 4.31 Å². The number of nitrogens with two attached hydrogens (primary N) is 1. The van der Waals surface area contributed by atoms with E-state index in [1.54, 1.807) is 6.07 Å². The molecule has 1 heterocycles. The Kier molecular flexibility index (Phi) is 4.49. The number of morpholine rings is 1. The molecular formula is C14H22N2O3S. The third-order valence-corrected chi connectivity index (χ3v) is 5.77. The topological polar surface area (TPSA) is 72.6 Å². The Labute approximate surface area is 120 Å². The molecule has 0 amide bonds. The van der Waals surface area contributed by atoms with E-state index in [9.17, 15) is 8.42 Å². The number of rotatable bonds is 3. The number of nitrogens with zero attached hydrogens (tertiary/aromatic N) is 1.